The molecule has 112 valence electrons. The van der Waals surface area contributed by atoms with Gasteiger partial charge in [0.15, 0.2) is 5.13 Å². The Morgan fingerprint density at radius 2 is 2.00 bits per heavy atom. The highest BCUT2D eigenvalue weighted by atomic mass is 32.1. The van der Waals surface area contributed by atoms with Gasteiger partial charge < -0.3 is 5.32 Å². The minimum Gasteiger partial charge on any atom is -0.332 e. The van der Waals surface area contributed by atoms with Gasteiger partial charge in [0.2, 0.25) is 0 Å². The number of aromatic nitrogens is 1. The third-order valence-corrected chi connectivity index (χ3v) is 3.88. The lowest BCUT2D eigenvalue weighted by atomic mass is 10.1. The normalized spacial score (nSPS) is 10.0. The lowest BCUT2D eigenvalue weighted by Gasteiger charge is -2.02. The first-order chi connectivity index (χ1) is 11.2. The van der Waals surface area contributed by atoms with E-state index < -0.39 is 4.92 Å². The van der Waals surface area contributed by atoms with Crippen LogP contribution in [0.3, 0.4) is 0 Å². The maximum atomic E-state index is 10.8. The van der Waals surface area contributed by atoms with Gasteiger partial charge in [0, 0.05) is 28.8 Å². The summed E-state index contributed by atoms with van der Waals surface area (Å²) in [5.41, 5.74) is 2.83. The van der Waals surface area contributed by atoms with E-state index >= 15 is 0 Å². The summed E-state index contributed by atoms with van der Waals surface area (Å²) in [7, 11) is 0. The number of hydrogen-bond acceptors (Lipinski definition) is 6. The minimum atomic E-state index is -0.425. The lowest BCUT2D eigenvalue weighted by Crippen LogP contribution is -1.90. The van der Waals surface area contributed by atoms with Crippen LogP contribution in [0, 0.1) is 21.4 Å². The van der Waals surface area contributed by atoms with Crippen molar-refractivity contribution in [2.45, 2.75) is 0 Å². The van der Waals surface area contributed by atoms with E-state index in [0.29, 0.717) is 22.0 Å². The van der Waals surface area contributed by atoms with E-state index in [9.17, 15) is 10.1 Å². The molecule has 3 rings (SSSR count). The van der Waals surface area contributed by atoms with Crippen LogP contribution in [-0.2, 0) is 0 Å². The van der Waals surface area contributed by atoms with Crippen LogP contribution in [0.25, 0.3) is 11.3 Å². The highest BCUT2D eigenvalue weighted by Crippen LogP contribution is 2.29. The molecular weight excluding hydrogens is 312 g/mol. The third-order valence-electron chi connectivity index (χ3n) is 3.12. The fourth-order valence-electron chi connectivity index (χ4n) is 1.99. The Morgan fingerprint density at radius 1 is 1.22 bits per heavy atom. The molecule has 0 aliphatic rings. The maximum Gasteiger partial charge on any atom is 0.270 e. The van der Waals surface area contributed by atoms with Gasteiger partial charge in [-0.05, 0) is 24.3 Å². The average Bonchev–Trinajstić information content (AvgIpc) is 3.04. The van der Waals surface area contributed by atoms with E-state index in [0.717, 1.165) is 5.69 Å². The molecule has 6 nitrogen and oxygen atoms in total. The Morgan fingerprint density at radius 3 is 2.70 bits per heavy atom. The number of anilines is 2. The smallest absolute Gasteiger partial charge is 0.270 e. The molecule has 0 saturated heterocycles. The van der Waals surface area contributed by atoms with E-state index in [2.05, 4.69) is 16.4 Å². The SMILES string of the molecule is N#Cc1ccc(Nc2nc(-c3cccc([N+](=O)[O-])c3)cs2)cc1. The number of non-ortho nitro benzene ring substituents is 1. The Kier molecular flexibility index (Phi) is 3.99. The maximum absolute atomic E-state index is 10.8. The van der Waals surface area contributed by atoms with E-state index in [1.165, 1.54) is 23.5 Å². The largest absolute Gasteiger partial charge is 0.332 e. The first-order valence-corrected chi connectivity index (χ1v) is 7.51. The van der Waals surface area contributed by atoms with Crippen molar-refractivity contribution in [3.63, 3.8) is 0 Å². The number of hydrogen-bond donors (Lipinski definition) is 1. The summed E-state index contributed by atoms with van der Waals surface area (Å²) >= 11 is 1.41. The number of nitrogens with zero attached hydrogens (tertiary/aromatic N) is 3. The van der Waals surface area contributed by atoms with Crippen LogP contribution in [0.1, 0.15) is 5.56 Å². The number of nitro groups is 1. The highest BCUT2D eigenvalue weighted by molar-refractivity contribution is 7.14. The molecule has 0 aliphatic heterocycles. The lowest BCUT2D eigenvalue weighted by molar-refractivity contribution is -0.384. The molecule has 0 fully saturated rings. The van der Waals surface area contributed by atoms with Gasteiger partial charge in [0.1, 0.15) is 0 Å². The Hall–Kier alpha value is -3.24. The number of nitro benzene ring substituents is 1. The van der Waals surface area contributed by atoms with E-state index in [4.69, 9.17) is 5.26 Å². The molecule has 0 radical (unpaired) electrons. The van der Waals surface area contributed by atoms with Crippen molar-refractivity contribution >= 4 is 27.8 Å². The molecule has 0 aliphatic carbocycles. The van der Waals surface area contributed by atoms with Gasteiger partial charge >= 0.3 is 0 Å². The summed E-state index contributed by atoms with van der Waals surface area (Å²) in [6.07, 6.45) is 0. The molecule has 0 spiro atoms. The van der Waals surface area contributed by atoms with Gasteiger partial charge in [-0.2, -0.15) is 5.26 Å². The average molecular weight is 322 g/mol. The van der Waals surface area contributed by atoms with Crippen molar-refractivity contribution in [3.8, 4) is 17.3 Å². The number of benzene rings is 2. The standard InChI is InChI=1S/C16H10N4O2S/c17-9-11-4-6-13(7-5-11)18-16-19-15(10-23-16)12-2-1-3-14(8-12)20(21)22/h1-8,10H,(H,18,19). The van der Waals surface area contributed by atoms with Gasteiger partial charge in [-0.15, -0.1) is 11.3 Å². The second kappa shape index (κ2) is 6.25. The quantitative estimate of drug-likeness (QED) is 0.570. The van der Waals surface area contributed by atoms with Crippen LogP contribution >= 0.6 is 11.3 Å². The van der Waals surface area contributed by atoms with Crippen LogP contribution in [0.15, 0.2) is 53.9 Å². The zero-order valence-corrected chi connectivity index (χ0v) is 12.6. The van der Waals surface area contributed by atoms with Gasteiger partial charge in [-0.25, -0.2) is 4.98 Å². The predicted molar refractivity (Wildman–Crippen MR) is 88.6 cm³/mol. The van der Waals surface area contributed by atoms with E-state index in [1.807, 2.05) is 5.38 Å². The summed E-state index contributed by atoms with van der Waals surface area (Å²) in [5, 5.41) is 25.3. The van der Waals surface area contributed by atoms with Crippen molar-refractivity contribution in [2.75, 3.05) is 5.32 Å². The first kappa shape index (κ1) is 14.7. The summed E-state index contributed by atoms with van der Waals surface area (Å²) in [6.45, 7) is 0. The fourth-order valence-corrected chi connectivity index (χ4v) is 2.73. The summed E-state index contributed by atoms with van der Waals surface area (Å²) < 4.78 is 0. The first-order valence-electron chi connectivity index (χ1n) is 6.63. The zero-order chi connectivity index (χ0) is 16.2. The van der Waals surface area contributed by atoms with Crippen molar-refractivity contribution in [3.05, 3.63) is 69.6 Å². The molecular formula is C16H10N4O2S. The summed E-state index contributed by atoms with van der Waals surface area (Å²) in [6, 6.07) is 15.5. The Bertz CT molecular complexity index is 897. The highest BCUT2D eigenvalue weighted by Gasteiger charge is 2.10. The Balaban J connectivity index is 1.81. The number of nitriles is 1. The predicted octanol–water partition coefficient (Wildman–Crippen LogP) is 4.33. The molecule has 1 heterocycles. The topological polar surface area (TPSA) is 91.8 Å². The zero-order valence-electron chi connectivity index (χ0n) is 11.8. The molecule has 7 heteroatoms. The number of thiazole rings is 1. The van der Waals surface area contributed by atoms with Crippen molar-refractivity contribution in [1.29, 1.82) is 5.26 Å². The summed E-state index contributed by atoms with van der Waals surface area (Å²) in [5.74, 6) is 0. The van der Waals surface area contributed by atoms with Crippen LogP contribution in [-0.4, -0.2) is 9.91 Å². The fraction of sp³-hybridized carbons (Fsp3) is 0. The molecule has 23 heavy (non-hydrogen) atoms. The molecule has 0 unspecified atom stereocenters. The molecule has 1 N–H and O–H groups in total. The van der Waals surface area contributed by atoms with E-state index in [1.54, 1.807) is 36.4 Å². The van der Waals surface area contributed by atoms with Crippen molar-refractivity contribution in [1.82, 2.24) is 4.98 Å². The number of rotatable bonds is 4. The molecule has 2 aromatic carbocycles. The van der Waals surface area contributed by atoms with E-state index in [-0.39, 0.29) is 5.69 Å². The van der Waals surface area contributed by atoms with Gasteiger partial charge in [0.05, 0.1) is 22.2 Å². The van der Waals surface area contributed by atoms with Gasteiger partial charge in [-0.1, -0.05) is 12.1 Å². The monoisotopic (exact) mass is 322 g/mol. The van der Waals surface area contributed by atoms with Crippen molar-refractivity contribution in [2.24, 2.45) is 0 Å². The molecule has 0 saturated carbocycles. The van der Waals surface area contributed by atoms with Crippen molar-refractivity contribution < 1.29 is 4.92 Å². The van der Waals surface area contributed by atoms with Crippen LogP contribution in [0.4, 0.5) is 16.5 Å². The second-order valence-corrected chi connectivity index (χ2v) is 5.52. The molecule has 1 aromatic heterocycles. The van der Waals surface area contributed by atoms with Crippen LogP contribution in [0.5, 0.6) is 0 Å². The van der Waals surface area contributed by atoms with Gasteiger partial charge in [-0.3, -0.25) is 10.1 Å². The second-order valence-electron chi connectivity index (χ2n) is 4.66. The van der Waals surface area contributed by atoms with Crippen LogP contribution in [0.2, 0.25) is 0 Å². The summed E-state index contributed by atoms with van der Waals surface area (Å²) in [4.78, 5) is 14.8. The molecule has 0 atom stereocenters. The molecule has 0 amide bonds. The third kappa shape index (κ3) is 3.33. The minimum absolute atomic E-state index is 0.0390. The van der Waals surface area contributed by atoms with Crippen LogP contribution < -0.4 is 5.32 Å². The number of nitrogens with one attached hydrogen (secondary N) is 1. The van der Waals surface area contributed by atoms with Gasteiger partial charge in [0.25, 0.3) is 5.69 Å². The Labute approximate surface area is 135 Å². The molecule has 3 aromatic rings. The molecule has 0 bridgehead atoms.